The molecule has 1 amide bonds. The maximum absolute atomic E-state index is 15.4. The van der Waals surface area contributed by atoms with E-state index >= 15 is 4.39 Å². The number of aromatic nitrogens is 3. The van der Waals surface area contributed by atoms with Gasteiger partial charge in [0.2, 0.25) is 0 Å². The normalized spacial score (nSPS) is 24.2. The van der Waals surface area contributed by atoms with Gasteiger partial charge in [-0.3, -0.25) is 4.79 Å². The second-order valence-corrected chi connectivity index (χ2v) is 14.2. The summed E-state index contributed by atoms with van der Waals surface area (Å²) in [4.78, 5) is 31.2. The van der Waals surface area contributed by atoms with Crippen LogP contribution in [0.5, 0.6) is 0 Å². The predicted octanol–water partition coefficient (Wildman–Crippen LogP) is 3.85. The fourth-order valence-electron chi connectivity index (χ4n) is 7.40. The summed E-state index contributed by atoms with van der Waals surface area (Å²) < 4.78 is 21.5. The molecule has 6 heterocycles. The van der Waals surface area contributed by atoms with Crippen molar-refractivity contribution in [2.45, 2.75) is 73.8 Å². The third-order valence-electron chi connectivity index (χ3n) is 10.0. The molecule has 46 heavy (non-hydrogen) atoms. The van der Waals surface area contributed by atoms with Gasteiger partial charge in [0.25, 0.3) is 5.91 Å². The molecule has 7 rings (SSSR count). The van der Waals surface area contributed by atoms with Gasteiger partial charge in [-0.05, 0) is 62.9 Å². The number of carbonyl (C=O) groups excluding carboxylic acids is 1. The number of nitrogens with two attached hydrogens (primary N) is 2. The van der Waals surface area contributed by atoms with Crippen molar-refractivity contribution in [2.24, 2.45) is 5.41 Å². The molecule has 1 unspecified atom stereocenters. The van der Waals surface area contributed by atoms with Gasteiger partial charge in [-0.25, -0.2) is 19.3 Å². The molecule has 3 atom stereocenters. The van der Waals surface area contributed by atoms with E-state index in [-0.39, 0.29) is 41.1 Å². The minimum absolute atomic E-state index is 0.0132. The lowest BCUT2D eigenvalue weighted by Gasteiger charge is -2.43. The minimum Gasteiger partial charge on any atom is -0.382 e. The average molecular weight is 668 g/mol. The van der Waals surface area contributed by atoms with Crippen molar-refractivity contribution in [3.8, 4) is 0 Å². The van der Waals surface area contributed by atoms with Crippen molar-refractivity contribution in [1.29, 1.82) is 0 Å². The molecule has 0 saturated carbocycles. The second kappa shape index (κ2) is 12.8. The molecule has 0 bridgehead atoms. The lowest BCUT2D eigenvalue weighted by atomic mass is 9.73. The Hall–Kier alpha value is -3.23. The lowest BCUT2D eigenvalue weighted by molar-refractivity contribution is 0.0674. The first kappa shape index (κ1) is 31.4. The lowest BCUT2D eigenvalue weighted by Crippen LogP contribution is -2.52. The number of amides is 1. The van der Waals surface area contributed by atoms with Crippen LogP contribution in [0.4, 0.5) is 21.8 Å². The number of benzene rings is 1. The fourth-order valence-corrected chi connectivity index (χ4v) is 8.41. The number of nitrogens with zero attached hydrogens (tertiary/aromatic N) is 5. The number of anilines is 3. The Morgan fingerprint density at radius 3 is 2.83 bits per heavy atom. The Bertz CT molecular complexity index is 1630. The highest BCUT2D eigenvalue weighted by Gasteiger charge is 2.49. The third kappa shape index (κ3) is 5.87. The zero-order chi connectivity index (χ0) is 32.0. The molecule has 4 aliphatic heterocycles. The van der Waals surface area contributed by atoms with Crippen LogP contribution in [-0.2, 0) is 17.8 Å². The minimum atomic E-state index is -0.342. The summed E-state index contributed by atoms with van der Waals surface area (Å²) in [5.41, 5.74) is 14.1. The van der Waals surface area contributed by atoms with E-state index in [9.17, 15) is 4.79 Å². The zero-order valence-corrected chi connectivity index (χ0v) is 27.3. The van der Waals surface area contributed by atoms with Crippen molar-refractivity contribution in [2.75, 3.05) is 49.2 Å². The van der Waals surface area contributed by atoms with Gasteiger partial charge in [-0.2, -0.15) is 0 Å². The fraction of sp³-hybridized carbons (Fsp3) is 0.500. The summed E-state index contributed by atoms with van der Waals surface area (Å²) in [5.74, 6) is 0.896. The van der Waals surface area contributed by atoms with Gasteiger partial charge in [0, 0.05) is 72.4 Å². The molecule has 14 heteroatoms. The summed E-state index contributed by atoms with van der Waals surface area (Å²) in [5, 5.41) is 7.95. The van der Waals surface area contributed by atoms with E-state index in [4.69, 9.17) is 27.8 Å². The van der Waals surface area contributed by atoms with Crippen LogP contribution >= 0.6 is 23.4 Å². The number of piperidine rings is 2. The monoisotopic (exact) mass is 667 g/mol. The van der Waals surface area contributed by atoms with E-state index in [1.165, 1.54) is 17.8 Å². The van der Waals surface area contributed by atoms with Gasteiger partial charge in [0.15, 0.2) is 5.82 Å². The van der Waals surface area contributed by atoms with E-state index in [0.29, 0.717) is 51.6 Å². The number of hydrogen-bond donors (Lipinski definition) is 4. The predicted molar refractivity (Wildman–Crippen MR) is 176 cm³/mol. The molecule has 1 spiro atoms. The van der Waals surface area contributed by atoms with Crippen molar-refractivity contribution in [3.63, 3.8) is 0 Å². The van der Waals surface area contributed by atoms with Crippen molar-refractivity contribution in [1.82, 2.24) is 30.5 Å². The molecule has 3 saturated heterocycles. The van der Waals surface area contributed by atoms with Crippen molar-refractivity contribution in [3.05, 3.63) is 58.1 Å². The summed E-state index contributed by atoms with van der Waals surface area (Å²) in [6, 6.07) is 5.29. The Balaban J connectivity index is 0.993. The number of nitrogen functional groups attached to an aromatic ring is 2. The van der Waals surface area contributed by atoms with Gasteiger partial charge < -0.3 is 36.6 Å². The number of rotatable bonds is 7. The topological polar surface area (TPSA) is 148 Å². The van der Waals surface area contributed by atoms with Gasteiger partial charge in [-0.15, -0.1) is 0 Å². The number of ether oxygens (including phenoxy) is 1. The van der Waals surface area contributed by atoms with Crippen LogP contribution in [0.2, 0.25) is 5.02 Å². The second-order valence-electron chi connectivity index (χ2n) is 12.8. The van der Waals surface area contributed by atoms with E-state index in [1.54, 1.807) is 18.5 Å². The van der Waals surface area contributed by atoms with Crippen LogP contribution in [0.1, 0.15) is 54.1 Å². The summed E-state index contributed by atoms with van der Waals surface area (Å²) in [6.45, 7) is 6.94. The first-order chi connectivity index (χ1) is 22.2. The Labute approximate surface area is 277 Å². The van der Waals surface area contributed by atoms with Gasteiger partial charge >= 0.3 is 0 Å². The van der Waals surface area contributed by atoms with Gasteiger partial charge in [0.05, 0.1) is 23.9 Å². The molecule has 3 fully saturated rings. The van der Waals surface area contributed by atoms with Crippen LogP contribution in [0.15, 0.2) is 40.5 Å². The largest absolute Gasteiger partial charge is 0.382 e. The number of fused-ring (bicyclic) bond motifs is 1. The molecule has 4 aliphatic rings. The summed E-state index contributed by atoms with van der Waals surface area (Å²) in [6.07, 6.45) is 7.10. The highest BCUT2D eigenvalue weighted by molar-refractivity contribution is 7.99. The summed E-state index contributed by atoms with van der Waals surface area (Å²) in [7, 11) is 0. The maximum atomic E-state index is 15.4. The quantitative estimate of drug-likeness (QED) is 0.291. The molecule has 0 aliphatic carbocycles. The van der Waals surface area contributed by atoms with Crippen LogP contribution < -0.4 is 27.0 Å². The molecule has 244 valence electrons. The SMILES string of the molecule is C[C@@H]1OCC2(CCN(c3cnc(Sc4ccnc(N)c4Cl)c(N)n3)CC2)[C@@H]1NCc1cc2c(cc1F)C(=O)N(C1CCCNC1)C2. The van der Waals surface area contributed by atoms with Crippen LogP contribution in [-0.4, -0.2) is 76.7 Å². The highest BCUT2D eigenvalue weighted by Crippen LogP contribution is 2.44. The van der Waals surface area contributed by atoms with Crippen LogP contribution in [0.25, 0.3) is 0 Å². The smallest absolute Gasteiger partial charge is 0.254 e. The molecule has 2 aromatic heterocycles. The van der Waals surface area contributed by atoms with Crippen LogP contribution in [0, 0.1) is 11.2 Å². The zero-order valence-electron chi connectivity index (χ0n) is 25.8. The van der Waals surface area contributed by atoms with E-state index < -0.39 is 0 Å². The number of carbonyl (C=O) groups is 1. The van der Waals surface area contributed by atoms with E-state index in [2.05, 4.69) is 37.4 Å². The van der Waals surface area contributed by atoms with Crippen molar-refractivity contribution >= 4 is 46.7 Å². The average Bonchev–Trinajstić information content (AvgIpc) is 3.54. The van der Waals surface area contributed by atoms with Gasteiger partial charge in [0.1, 0.15) is 22.5 Å². The molecule has 1 aromatic carbocycles. The van der Waals surface area contributed by atoms with E-state index in [1.807, 2.05) is 11.0 Å². The molecular weight excluding hydrogens is 629 g/mol. The molecule has 6 N–H and O–H groups in total. The summed E-state index contributed by atoms with van der Waals surface area (Å²) >= 11 is 7.60. The number of hydrogen-bond acceptors (Lipinski definition) is 11. The number of nitrogens with one attached hydrogen (secondary N) is 2. The molecule has 3 aromatic rings. The molecule has 0 radical (unpaired) electrons. The standard InChI is InChI=1S/C32H39ClFN9O2S/c1-18-27(39-13-19-11-20-16-43(21-3-2-7-37-14-21)31(44)22(20)12-23(19)34)32(17-45-18)5-9-42(10-6-32)25-15-40-30(29(36)41-25)46-24-4-8-38-28(35)26(24)33/h4,8,11-12,15,18,21,27,37,39H,2-3,5-7,9-10,13-14,16-17H2,1H3,(H2,35,38)(H2,36,41)/t18-,21?,27+/m0/s1. The Kier molecular flexibility index (Phi) is 8.70. The number of pyridine rings is 1. The van der Waals surface area contributed by atoms with Crippen LogP contribution in [0.3, 0.4) is 0 Å². The van der Waals surface area contributed by atoms with E-state index in [0.717, 1.165) is 63.2 Å². The Morgan fingerprint density at radius 2 is 2.07 bits per heavy atom. The maximum Gasteiger partial charge on any atom is 0.254 e. The van der Waals surface area contributed by atoms with Gasteiger partial charge in [-0.1, -0.05) is 23.4 Å². The first-order valence-electron chi connectivity index (χ1n) is 15.9. The van der Waals surface area contributed by atoms with Crippen molar-refractivity contribution < 1.29 is 13.9 Å². The number of halogens is 2. The Morgan fingerprint density at radius 1 is 1.24 bits per heavy atom. The molecular formula is C32H39ClFN9O2S. The third-order valence-corrected chi connectivity index (χ3v) is 11.6. The highest BCUT2D eigenvalue weighted by atomic mass is 35.5. The first-order valence-corrected chi connectivity index (χ1v) is 17.0. The molecule has 11 nitrogen and oxygen atoms in total.